The topological polar surface area (TPSA) is 84.0 Å². The molecule has 6 nitrogen and oxygen atoms in total. The van der Waals surface area contributed by atoms with Crippen LogP contribution in [0.1, 0.15) is 30.7 Å². The van der Waals surface area contributed by atoms with Crippen LogP contribution in [-0.4, -0.2) is 37.5 Å². The van der Waals surface area contributed by atoms with E-state index in [-0.39, 0.29) is 6.04 Å². The van der Waals surface area contributed by atoms with E-state index in [1.165, 1.54) is 18.6 Å². The van der Waals surface area contributed by atoms with Crippen LogP contribution in [0.25, 0.3) is 0 Å². The lowest BCUT2D eigenvalue weighted by Gasteiger charge is -2.25. The van der Waals surface area contributed by atoms with Gasteiger partial charge < -0.3 is 5.32 Å². The molecule has 0 amide bonds. The largest absolute Gasteiger partial charge is 0.317 e. The highest BCUT2D eigenvalue weighted by Gasteiger charge is 2.27. The van der Waals surface area contributed by atoms with Gasteiger partial charge in [-0.05, 0) is 32.9 Å². The summed E-state index contributed by atoms with van der Waals surface area (Å²) in [4.78, 5) is 7.95. The third kappa shape index (κ3) is 3.24. The fourth-order valence-corrected chi connectivity index (χ4v) is 3.30. The van der Waals surface area contributed by atoms with E-state index in [9.17, 15) is 8.42 Å². The van der Waals surface area contributed by atoms with Crippen LogP contribution in [0.4, 0.5) is 0 Å². The predicted molar refractivity (Wildman–Crippen MR) is 68.4 cm³/mol. The van der Waals surface area contributed by atoms with Gasteiger partial charge in [-0.1, -0.05) is 0 Å². The summed E-state index contributed by atoms with van der Waals surface area (Å²) in [7, 11) is -3.39. The van der Waals surface area contributed by atoms with Gasteiger partial charge in [0.05, 0.1) is 5.69 Å². The zero-order valence-electron chi connectivity index (χ0n) is 10.3. The Morgan fingerprint density at radius 1 is 1.39 bits per heavy atom. The molecule has 1 aliphatic heterocycles. The van der Waals surface area contributed by atoms with Crippen molar-refractivity contribution in [2.24, 2.45) is 0 Å². The lowest BCUT2D eigenvalue weighted by molar-refractivity contribution is 0.425. The molecule has 0 bridgehead atoms. The Balaban J connectivity index is 2.06. The van der Waals surface area contributed by atoms with E-state index in [0.717, 1.165) is 25.9 Å². The summed E-state index contributed by atoms with van der Waals surface area (Å²) in [6.07, 6.45) is 6.18. The summed E-state index contributed by atoms with van der Waals surface area (Å²) in [5.41, 5.74) is 0.471. The van der Waals surface area contributed by atoms with Crippen molar-refractivity contribution >= 4 is 10.0 Å². The molecule has 1 aromatic heterocycles. The minimum atomic E-state index is -3.39. The molecule has 0 radical (unpaired) electrons. The van der Waals surface area contributed by atoms with Gasteiger partial charge in [-0.15, -0.1) is 0 Å². The molecule has 100 valence electrons. The van der Waals surface area contributed by atoms with Crippen LogP contribution >= 0.6 is 0 Å². The van der Waals surface area contributed by atoms with Crippen molar-refractivity contribution in [3.8, 4) is 0 Å². The van der Waals surface area contributed by atoms with Crippen LogP contribution in [-0.2, 0) is 10.0 Å². The minimum absolute atomic E-state index is 0.0235. The lowest BCUT2D eigenvalue weighted by atomic mass is 10.1. The Bertz CT molecular complexity index is 471. The summed E-state index contributed by atoms with van der Waals surface area (Å²) in [5, 5.41) is 2.52. The SMILES string of the molecule is C[C@H](c1cnccn1)S(=O)(=O)NC1CCNCC1. The molecule has 0 spiro atoms. The van der Waals surface area contributed by atoms with Gasteiger partial charge in [-0.2, -0.15) is 0 Å². The number of hydrogen-bond donors (Lipinski definition) is 2. The first-order chi connectivity index (χ1) is 8.59. The number of rotatable bonds is 4. The summed E-state index contributed by atoms with van der Waals surface area (Å²) >= 11 is 0. The molecule has 0 unspecified atom stereocenters. The molecule has 0 aliphatic carbocycles. The number of hydrogen-bond acceptors (Lipinski definition) is 5. The van der Waals surface area contributed by atoms with E-state index in [0.29, 0.717) is 5.69 Å². The summed E-state index contributed by atoms with van der Waals surface area (Å²) in [6, 6.07) is 0.0235. The molecule has 2 heterocycles. The zero-order chi connectivity index (χ0) is 13.0. The molecule has 1 fully saturated rings. The molecule has 1 atom stereocenters. The van der Waals surface area contributed by atoms with Gasteiger partial charge in [0.2, 0.25) is 10.0 Å². The third-order valence-corrected chi connectivity index (χ3v) is 4.97. The van der Waals surface area contributed by atoms with Gasteiger partial charge in [-0.3, -0.25) is 9.97 Å². The number of nitrogens with zero attached hydrogens (tertiary/aromatic N) is 2. The molecule has 1 aliphatic rings. The molecule has 2 N–H and O–H groups in total. The zero-order valence-corrected chi connectivity index (χ0v) is 11.2. The molecule has 18 heavy (non-hydrogen) atoms. The van der Waals surface area contributed by atoms with E-state index < -0.39 is 15.3 Å². The molecule has 2 rings (SSSR count). The van der Waals surface area contributed by atoms with E-state index in [1.54, 1.807) is 6.92 Å². The van der Waals surface area contributed by atoms with Crippen molar-refractivity contribution in [3.05, 3.63) is 24.3 Å². The second-order valence-electron chi connectivity index (χ2n) is 4.46. The van der Waals surface area contributed by atoms with E-state index >= 15 is 0 Å². The van der Waals surface area contributed by atoms with Crippen molar-refractivity contribution in [3.63, 3.8) is 0 Å². The second-order valence-corrected chi connectivity index (χ2v) is 6.49. The number of piperidine rings is 1. The maximum atomic E-state index is 12.2. The highest BCUT2D eigenvalue weighted by Crippen LogP contribution is 2.19. The first kappa shape index (κ1) is 13.4. The average molecular weight is 270 g/mol. The maximum absolute atomic E-state index is 12.2. The molecular weight excluding hydrogens is 252 g/mol. The molecule has 7 heteroatoms. The van der Waals surface area contributed by atoms with Crippen LogP contribution in [0, 0.1) is 0 Å². The van der Waals surface area contributed by atoms with Crippen LogP contribution in [0.2, 0.25) is 0 Å². The van der Waals surface area contributed by atoms with Crippen molar-refractivity contribution in [2.45, 2.75) is 31.1 Å². The van der Waals surface area contributed by atoms with Crippen molar-refractivity contribution < 1.29 is 8.42 Å². The first-order valence-electron chi connectivity index (χ1n) is 6.07. The van der Waals surface area contributed by atoms with Gasteiger partial charge in [0.15, 0.2) is 0 Å². The van der Waals surface area contributed by atoms with Gasteiger partial charge in [-0.25, -0.2) is 13.1 Å². The highest BCUT2D eigenvalue weighted by molar-refractivity contribution is 7.89. The summed E-state index contributed by atoms with van der Waals surface area (Å²) in [5.74, 6) is 0. The van der Waals surface area contributed by atoms with Gasteiger partial charge in [0, 0.05) is 24.6 Å². The smallest absolute Gasteiger partial charge is 0.220 e. The predicted octanol–water partition coefficient (Wildman–Crippen LogP) is 0.209. The van der Waals surface area contributed by atoms with E-state index in [1.807, 2.05) is 0 Å². The fourth-order valence-electron chi connectivity index (χ4n) is 1.95. The van der Waals surface area contributed by atoms with Crippen molar-refractivity contribution in [2.75, 3.05) is 13.1 Å². The summed E-state index contributed by atoms with van der Waals surface area (Å²) < 4.78 is 27.2. The number of aromatic nitrogens is 2. The first-order valence-corrected chi connectivity index (χ1v) is 7.62. The van der Waals surface area contributed by atoms with E-state index in [2.05, 4.69) is 20.0 Å². The van der Waals surface area contributed by atoms with Gasteiger partial charge in [0.25, 0.3) is 0 Å². The quantitative estimate of drug-likeness (QED) is 0.817. The van der Waals surface area contributed by atoms with Crippen molar-refractivity contribution in [1.82, 2.24) is 20.0 Å². The van der Waals surface area contributed by atoms with Crippen LogP contribution in [0.3, 0.4) is 0 Å². The second kappa shape index (κ2) is 5.73. The Morgan fingerprint density at radius 3 is 2.72 bits per heavy atom. The number of nitrogens with one attached hydrogen (secondary N) is 2. The highest BCUT2D eigenvalue weighted by atomic mass is 32.2. The molecule has 1 saturated heterocycles. The molecule has 1 aromatic rings. The van der Waals surface area contributed by atoms with E-state index in [4.69, 9.17) is 0 Å². The molecule has 0 aromatic carbocycles. The third-order valence-electron chi connectivity index (χ3n) is 3.14. The summed E-state index contributed by atoms with van der Waals surface area (Å²) in [6.45, 7) is 3.34. The Labute approximate surface area is 107 Å². The van der Waals surface area contributed by atoms with Crippen LogP contribution in [0.15, 0.2) is 18.6 Å². The minimum Gasteiger partial charge on any atom is -0.317 e. The lowest BCUT2D eigenvalue weighted by Crippen LogP contribution is -2.43. The van der Waals surface area contributed by atoms with Crippen molar-refractivity contribution in [1.29, 1.82) is 0 Å². The Morgan fingerprint density at radius 2 is 2.11 bits per heavy atom. The van der Waals surface area contributed by atoms with Crippen LogP contribution < -0.4 is 10.0 Å². The standard InChI is InChI=1S/C11H18N4O2S/c1-9(11-8-13-6-7-14-11)18(16,17)15-10-2-4-12-5-3-10/h6-10,12,15H,2-5H2,1H3/t9-/m1/s1. The molecule has 0 saturated carbocycles. The van der Waals surface area contributed by atoms with Gasteiger partial charge >= 0.3 is 0 Å². The number of sulfonamides is 1. The fraction of sp³-hybridized carbons (Fsp3) is 0.636. The normalized spacial score (nSPS) is 19.6. The van der Waals surface area contributed by atoms with Crippen LogP contribution in [0.5, 0.6) is 0 Å². The Kier molecular flexibility index (Phi) is 4.26. The molecular formula is C11H18N4O2S. The monoisotopic (exact) mass is 270 g/mol. The Hall–Kier alpha value is -1.05. The maximum Gasteiger partial charge on any atom is 0.220 e. The van der Waals surface area contributed by atoms with Gasteiger partial charge in [0.1, 0.15) is 5.25 Å². The average Bonchev–Trinajstić information content (AvgIpc) is 2.39.